The molecule has 1 fully saturated rings. The number of hydrogen-bond donors (Lipinski definition) is 0. The third-order valence-electron chi connectivity index (χ3n) is 3.45. The largest absolute Gasteiger partial charge is 0.416 e. The summed E-state index contributed by atoms with van der Waals surface area (Å²) in [6.07, 6.45) is -2.14. The lowest BCUT2D eigenvalue weighted by Gasteiger charge is -2.24. The molecule has 1 atom stereocenters. The van der Waals surface area contributed by atoms with Crippen LogP contribution in [0.1, 0.15) is 42.7 Å². The van der Waals surface area contributed by atoms with E-state index in [1.54, 1.807) is 11.0 Å². The van der Waals surface area contributed by atoms with Gasteiger partial charge in [0.05, 0.1) is 5.56 Å². The van der Waals surface area contributed by atoms with Gasteiger partial charge in [-0.15, -0.1) is 11.8 Å². The molecular formula is C15H18F3NOS. The lowest BCUT2D eigenvalue weighted by molar-refractivity contribution is -0.137. The molecule has 21 heavy (non-hydrogen) atoms. The lowest BCUT2D eigenvalue weighted by atomic mass is 10.1. The van der Waals surface area contributed by atoms with Crippen LogP contribution in [0.3, 0.4) is 0 Å². The van der Waals surface area contributed by atoms with Crippen LogP contribution in [0.2, 0.25) is 0 Å². The molecule has 2 rings (SSSR count). The van der Waals surface area contributed by atoms with Crippen molar-refractivity contribution in [1.82, 2.24) is 4.90 Å². The number of thioether (sulfide) groups is 1. The Morgan fingerprint density at radius 1 is 1.43 bits per heavy atom. The third-order valence-corrected chi connectivity index (χ3v) is 4.72. The van der Waals surface area contributed by atoms with Gasteiger partial charge in [-0.1, -0.05) is 25.5 Å². The van der Waals surface area contributed by atoms with Gasteiger partial charge < -0.3 is 4.90 Å². The zero-order valence-corrected chi connectivity index (χ0v) is 12.6. The van der Waals surface area contributed by atoms with Crippen molar-refractivity contribution in [1.29, 1.82) is 0 Å². The zero-order valence-electron chi connectivity index (χ0n) is 11.8. The summed E-state index contributed by atoms with van der Waals surface area (Å²) in [7, 11) is 0. The van der Waals surface area contributed by atoms with Crippen LogP contribution >= 0.6 is 11.8 Å². The van der Waals surface area contributed by atoms with E-state index >= 15 is 0 Å². The van der Waals surface area contributed by atoms with Gasteiger partial charge in [0.2, 0.25) is 5.91 Å². The minimum Gasteiger partial charge on any atom is -0.326 e. The Labute approximate surface area is 126 Å². The van der Waals surface area contributed by atoms with Crippen LogP contribution in [0.25, 0.3) is 0 Å². The molecule has 2 nitrogen and oxygen atoms in total. The average Bonchev–Trinajstić information content (AvgIpc) is 2.93. The molecule has 1 aromatic carbocycles. The van der Waals surface area contributed by atoms with Gasteiger partial charge in [0, 0.05) is 18.7 Å². The van der Waals surface area contributed by atoms with Crippen LogP contribution in [0.15, 0.2) is 24.3 Å². The molecule has 0 aromatic heterocycles. The monoisotopic (exact) mass is 317 g/mol. The Morgan fingerprint density at radius 2 is 2.19 bits per heavy atom. The summed E-state index contributed by atoms with van der Waals surface area (Å²) in [4.78, 5) is 13.9. The Morgan fingerprint density at radius 3 is 2.86 bits per heavy atom. The number of unbranched alkanes of at least 4 members (excludes halogenated alkanes) is 1. The first kappa shape index (κ1) is 16.2. The molecule has 1 aliphatic rings. The first-order chi connectivity index (χ1) is 9.93. The number of carbonyl (C=O) groups is 1. The molecular weight excluding hydrogens is 299 g/mol. The summed E-state index contributed by atoms with van der Waals surface area (Å²) in [6.45, 7) is 2.62. The highest BCUT2D eigenvalue weighted by Gasteiger charge is 2.34. The Kier molecular flexibility index (Phi) is 5.19. The molecule has 0 spiro atoms. The molecule has 1 amide bonds. The average molecular weight is 317 g/mol. The second-order valence-electron chi connectivity index (χ2n) is 5.04. The Bertz CT molecular complexity index is 504. The van der Waals surface area contributed by atoms with Crippen molar-refractivity contribution in [3.63, 3.8) is 0 Å². The van der Waals surface area contributed by atoms with Crippen LogP contribution in [0, 0.1) is 0 Å². The second-order valence-corrected chi connectivity index (χ2v) is 6.23. The van der Waals surface area contributed by atoms with E-state index in [2.05, 4.69) is 0 Å². The van der Waals surface area contributed by atoms with E-state index in [1.165, 1.54) is 17.8 Å². The van der Waals surface area contributed by atoms with Crippen molar-refractivity contribution in [3.8, 4) is 0 Å². The normalized spacial score (nSPS) is 19.0. The van der Waals surface area contributed by atoms with Crippen molar-refractivity contribution in [2.24, 2.45) is 0 Å². The number of halogens is 3. The van der Waals surface area contributed by atoms with Crippen LogP contribution in [0.4, 0.5) is 13.2 Å². The van der Waals surface area contributed by atoms with Gasteiger partial charge in [0.1, 0.15) is 5.37 Å². The topological polar surface area (TPSA) is 20.3 Å². The number of carbonyl (C=O) groups excluding carboxylic acids is 1. The number of amides is 1. The van der Waals surface area contributed by atoms with E-state index in [0.717, 1.165) is 30.7 Å². The predicted octanol–water partition coefficient (Wildman–Crippen LogP) is 4.47. The van der Waals surface area contributed by atoms with Crippen molar-refractivity contribution in [2.45, 2.75) is 37.7 Å². The lowest BCUT2D eigenvalue weighted by Crippen LogP contribution is -2.30. The molecule has 1 aliphatic heterocycles. The molecule has 1 heterocycles. The molecule has 0 aliphatic carbocycles. The third kappa shape index (κ3) is 3.93. The number of benzene rings is 1. The molecule has 0 saturated carbocycles. The minimum absolute atomic E-state index is 0.0317. The predicted molar refractivity (Wildman–Crippen MR) is 77.9 cm³/mol. The number of nitrogens with zero attached hydrogens (tertiary/aromatic N) is 1. The van der Waals surface area contributed by atoms with Crippen molar-refractivity contribution < 1.29 is 18.0 Å². The van der Waals surface area contributed by atoms with Crippen LogP contribution in [-0.2, 0) is 11.0 Å². The maximum Gasteiger partial charge on any atom is 0.416 e. The molecule has 0 unspecified atom stereocenters. The molecule has 116 valence electrons. The summed E-state index contributed by atoms with van der Waals surface area (Å²) >= 11 is 1.52. The smallest absolute Gasteiger partial charge is 0.326 e. The quantitative estimate of drug-likeness (QED) is 0.816. The fourth-order valence-corrected chi connectivity index (χ4v) is 3.61. The van der Waals surface area contributed by atoms with E-state index in [0.29, 0.717) is 18.5 Å². The summed E-state index contributed by atoms with van der Waals surface area (Å²) in [5.74, 6) is 0.794. The summed E-state index contributed by atoms with van der Waals surface area (Å²) < 4.78 is 38.4. The Hall–Kier alpha value is -1.17. The van der Waals surface area contributed by atoms with Crippen molar-refractivity contribution in [3.05, 3.63) is 35.4 Å². The van der Waals surface area contributed by atoms with Crippen LogP contribution in [0.5, 0.6) is 0 Å². The summed E-state index contributed by atoms with van der Waals surface area (Å²) in [5.41, 5.74) is -0.106. The zero-order chi connectivity index (χ0) is 15.5. The van der Waals surface area contributed by atoms with Crippen LogP contribution < -0.4 is 0 Å². The van der Waals surface area contributed by atoms with Crippen molar-refractivity contribution in [2.75, 3.05) is 12.3 Å². The van der Waals surface area contributed by atoms with Gasteiger partial charge in [0.25, 0.3) is 0 Å². The highest BCUT2D eigenvalue weighted by atomic mass is 32.2. The highest BCUT2D eigenvalue weighted by Crippen LogP contribution is 2.40. The van der Waals surface area contributed by atoms with E-state index in [4.69, 9.17) is 0 Å². The fraction of sp³-hybridized carbons (Fsp3) is 0.533. The first-order valence-corrected chi connectivity index (χ1v) is 8.06. The first-order valence-electron chi connectivity index (χ1n) is 7.01. The maximum absolute atomic E-state index is 12.8. The van der Waals surface area contributed by atoms with Gasteiger partial charge in [-0.05, 0) is 24.1 Å². The van der Waals surface area contributed by atoms with Crippen molar-refractivity contribution >= 4 is 17.7 Å². The van der Waals surface area contributed by atoms with E-state index < -0.39 is 11.7 Å². The second kappa shape index (κ2) is 6.73. The SMILES string of the molecule is CCCCC(=O)N1CCS[C@@H]1c1cccc(C(F)(F)F)c1. The van der Waals surface area contributed by atoms with Gasteiger partial charge in [-0.2, -0.15) is 13.2 Å². The van der Waals surface area contributed by atoms with E-state index in [1.807, 2.05) is 6.92 Å². The van der Waals surface area contributed by atoms with E-state index in [9.17, 15) is 18.0 Å². The van der Waals surface area contributed by atoms with Gasteiger partial charge in [-0.3, -0.25) is 4.79 Å². The fourth-order valence-electron chi connectivity index (χ4n) is 2.34. The molecule has 0 radical (unpaired) electrons. The summed E-state index contributed by atoms with van der Waals surface area (Å²) in [5, 5.41) is -0.295. The standard InChI is InChI=1S/C15H18F3NOS/c1-2-3-7-13(20)19-8-9-21-14(19)11-5-4-6-12(10-11)15(16,17)18/h4-6,10,14H,2-3,7-9H2,1H3/t14-/m1/s1. The molecule has 1 saturated heterocycles. The van der Waals surface area contributed by atoms with Crippen LogP contribution in [-0.4, -0.2) is 23.1 Å². The molecule has 1 aromatic rings. The van der Waals surface area contributed by atoms with Gasteiger partial charge in [-0.25, -0.2) is 0 Å². The minimum atomic E-state index is -4.35. The van der Waals surface area contributed by atoms with Gasteiger partial charge >= 0.3 is 6.18 Å². The summed E-state index contributed by atoms with van der Waals surface area (Å²) in [6, 6.07) is 5.29. The van der Waals surface area contributed by atoms with Gasteiger partial charge in [0.15, 0.2) is 0 Å². The van der Waals surface area contributed by atoms with E-state index in [-0.39, 0.29) is 11.3 Å². The number of rotatable bonds is 4. The molecule has 0 N–H and O–H groups in total. The molecule has 6 heteroatoms. The molecule has 0 bridgehead atoms. The number of alkyl halides is 3. The highest BCUT2D eigenvalue weighted by molar-refractivity contribution is 7.99. The maximum atomic E-state index is 12.8. The number of hydrogen-bond acceptors (Lipinski definition) is 2. The Balaban J connectivity index is 2.18.